The Morgan fingerprint density at radius 1 is 0.375 bits per heavy atom. The van der Waals surface area contributed by atoms with Crippen molar-refractivity contribution in [3.63, 3.8) is 0 Å². The third kappa shape index (κ3) is 2.42. The molecule has 1 heteroatoms. The lowest BCUT2D eigenvalue weighted by molar-refractivity contribution is 0.857. The molecule has 0 amide bonds. The zero-order valence-electron chi connectivity index (χ0n) is 17.8. The molecule has 1 heterocycles. The Kier molecular flexibility index (Phi) is 4.56. The summed E-state index contributed by atoms with van der Waals surface area (Å²) < 4.78 is 0. The molecule has 0 saturated carbocycles. The first kappa shape index (κ1) is 19.2. The second kappa shape index (κ2) is 7.59. The van der Waals surface area contributed by atoms with Crippen LogP contribution in [0.15, 0.2) is 146 Å². The molecular formula is C31H24P+. The highest BCUT2D eigenvalue weighted by Crippen LogP contribution is 2.81. The van der Waals surface area contributed by atoms with Crippen molar-refractivity contribution in [3.05, 3.63) is 162 Å². The number of fused-ring (bicyclic) bond motifs is 1. The molecule has 0 nitrogen and oxygen atoms in total. The third-order valence-corrected chi connectivity index (χ3v) is 11.9. The van der Waals surface area contributed by atoms with E-state index in [1.807, 2.05) is 0 Å². The highest BCUT2D eigenvalue weighted by molar-refractivity contribution is 7.98. The smallest absolute Gasteiger partial charge is 0.0622 e. The molecule has 0 bridgehead atoms. The molecule has 6 rings (SSSR count). The lowest BCUT2D eigenvalue weighted by Crippen LogP contribution is -2.57. The molecule has 0 radical (unpaired) electrons. The fourth-order valence-corrected chi connectivity index (χ4v) is 11.3. The lowest BCUT2D eigenvalue weighted by Gasteiger charge is -2.53. The van der Waals surface area contributed by atoms with Crippen molar-refractivity contribution in [1.29, 1.82) is 0 Å². The standard InChI is InChI=1S/C31H24P/c1-5-15-25(16-6-1)31(26-17-7-2-8-18-26)29-23-13-14-24-30(29)32(31,27-19-9-3-10-20-27)28-21-11-4-12-22-28/h1-24H/q+1. The lowest BCUT2D eigenvalue weighted by atomic mass is 9.83. The van der Waals surface area contributed by atoms with Gasteiger partial charge in [0.25, 0.3) is 0 Å². The summed E-state index contributed by atoms with van der Waals surface area (Å²) in [5.41, 5.74) is 4.16. The molecule has 5 aromatic rings. The van der Waals surface area contributed by atoms with Gasteiger partial charge in [-0.15, -0.1) is 0 Å². The highest BCUT2D eigenvalue weighted by Gasteiger charge is 2.74. The molecule has 0 atom stereocenters. The van der Waals surface area contributed by atoms with E-state index in [0.717, 1.165) is 0 Å². The Hall–Kier alpha value is -3.47. The summed E-state index contributed by atoms with van der Waals surface area (Å²) in [5, 5.41) is 4.12. The number of benzene rings is 5. The van der Waals surface area contributed by atoms with Crippen LogP contribution < -0.4 is 15.9 Å². The Bertz CT molecular complexity index is 1160. The van der Waals surface area contributed by atoms with E-state index in [0.29, 0.717) is 0 Å². The minimum Gasteiger partial charge on any atom is -0.0622 e. The van der Waals surface area contributed by atoms with Gasteiger partial charge in [0, 0.05) is 16.7 Å². The van der Waals surface area contributed by atoms with Crippen LogP contribution in [0, 0.1) is 0 Å². The predicted molar refractivity (Wildman–Crippen MR) is 138 cm³/mol. The molecule has 0 saturated heterocycles. The molecule has 0 spiro atoms. The van der Waals surface area contributed by atoms with Gasteiger partial charge in [-0.1, -0.05) is 115 Å². The van der Waals surface area contributed by atoms with Gasteiger partial charge < -0.3 is 0 Å². The first-order valence-corrected chi connectivity index (χ1v) is 12.9. The summed E-state index contributed by atoms with van der Waals surface area (Å²) in [6, 6.07) is 53.8. The molecule has 0 N–H and O–H groups in total. The van der Waals surface area contributed by atoms with Crippen molar-refractivity contribution in [2.75, 3.05) is 0 Å². The Morgan fingerprint density at radius 2 is 0.750 bits per heavy atom. The van der Waals surface area contributed by atoms with E-state index in [1.54, 1.807) is 0 Å². The van der Waals surface area contributed by atoms with Gasteiger partial charge in [0.05, 0.1) is 0 Å². The molecule has 1 aliphatic rings. The molecule has 0 aromatic heterocycles. The molecule has 0 aliphatic carbocycles. The van der Waals surface area contributed by atoms with Gasteiger partial charge in [-0.05, 0) is 30.3 Å². The van der Waals surface area contributed by atoms with Crippen molar-refractivity contribution in [1.82, 2.24) is 0 Å². The minimum atomic E-state index is -2.05. The molecule has 0 unspecified atom stereocenters. The number of hydrogen-bond acceptors (Lipinski definition) is 0. The minimum absolute atomic E-state index is 0.227. The summed E-state index contributed by atoms with van der Waals surface area (Å²) in [7, 11) is -2.05. The third-order valence-electron chi connectivity index (χ3n) is 6.83. The fourth-order valence-electron chi connectivity index (χ4n) is 5.72. The van der Waals surface area contributed by atoms with E-state index in [4.69, 9.17) is 0 Å². The Labute approximate surface area is 190 Å². The monoisotopic (exact) mass is 427 g/mol. The van der Waals surface area contributed by atoms with Gasteiger partial charge in [-0.2, -0.15) is 0 Å². The van der Waals surface area contributed by atoms with Gasteiger partial charge >= 0.3 is 0 Å². The summed E-state index contributed by atoms with van der Waals surface area (Å²) >= 11 is 0. The maximum absolute atomic E-state index is 2.37. The summed E-state index contributed by atoms with van der Waals surface area (Å²) in [5.74, 6) is 0. The number of rotatable bonds is 4. The molecule has 152 valence electrons. The topological polar surface area (TPSA) is 0 Å². The SMILES string of the molecule is c1ccc(C2(c3ccccc3)c3ccccc3[P+]2(c2ccccc2)c2ccccc2)cc1. The predicted octanol–water partition coefficient (Wildman–Crippen LogP) is 6.29. The summed E-state index contributed by atoms with van der Waals surface area (Å²) in [4.78, 5) is 0. The van der Waals surface area contributed by atoms with Gasteiger partial charge in [0.2, 0.25) is 0 Å². The van der Waals surface area contributed by atoms with E-state index < -0.39 is 7.26 Å². The van der Waals surface area contributed by atoms with E-state index in [1.165, 1.54) is 32.6 Å². The molecular weight excluding hydrogens is 403 g/mol. The zero-order valence-corrected chi connectivity index (χ0v) is 18.7. The van der Waals surface area contributed by atoms with Crippen molar-refractivity contribution >= 4 is 23.2 Å². The summed E-state index contributed by atoms with van der Waals surface area (Å²) in [6.07, 6.45) is 0. The van der Waals surface area contributed by atoms with Gasteiger partial charge in [0.1, 0.15) is 23.2 Å². The van der Waals surface area contributed by atoms with E-state index in [9.17, 15) is 0 Å². The first-order valence-electron chi connectivity index (χ1n) is 11.1. The normalized spacial score (nSPS) is 15.4. The van der Waals surface area contributed by atoms with Crippen LogP contribution in [0.4, 0.5) is 0 Å². The summed E-state index contributed by atoms with van der Waals surface area (Å²) in [6.45, 7) is 0. The first-order chi connectivity index (χ1) is 15.9. The van der Waals surface area contributed by atoms with Crippen LogP contribution in [0.5, 0.6) is 0 Å². The fraction of sp³-hybridized carbons (Fsp3) is 0.0323. The molecule has 0 fully saturated rings. The van der Waals surface area contributed by atoms with Crippen LogP contribution in [0.3, 0.4) is 0 Å². The molecule has 32 heavy (non-hydrogen) atoms. The number of hydrogen-bond donors (Lipinski definition) is 0. The van der Waals surface area contributed by atoms with Gasteiger partial charge in [-0.3, -0.25) is 0 Å². The van der Waals surface area contributed by atoms with E-state index in [2.05, 4.69) is 146 Å². The van der Waals surface area contributed by atoms with Crippen LogP contribution in [0.2, 0.25) is 0 Å². The van der Waals surface area contributed by atoms with Crippen LogP contribution in [0.1, 0.15) is 16.7 Å². The van der Waals surface area contributed by atoms with Gasteiger partial charge in [-0.25, -0.2) is 0 Å². The highest BCUT2D eigenvalue weighted by atomic mass is 31.2. The van der Waals surface area contributed by atoms with E-state index in [-0.39, 0.29) is 5.16 Å². The van der Waals surface area contributed by atoms with E-state index >= 15 is 0 Å². The average molecular weight is 428 g/mol. The van der Waals surface area contributed by atoms with Crippen molar-refractivity contribution < 1.29 is 0 Å². The van der Waals surface area contributed by atoms with Gasteiger partial charge in [0.15, 0.2) is 5.16 Å². The molecule has 1 aliphatic heterocycles. The average Bonchev–Trinajstić information content (AvgIpc) is 2.88. The van der Waals surface area contributed by atoms with Crippen LogP contribution in [-0.4, -0.2) is 0 Å². The second-order valence-electron chi connectivity index (χ2n) is 8.30. The molecule has 5 aromatic carbocycles. The Balaban J connectivity index is 1.85. The Morgan fingerprint density at radius 3 is 1.22 bits per heavy atom. The van der Waals surface area contributed by atoms with Crippen LogP contribution >= 0.6 is 7.26 Å². The largest absolute Gasteiger partial charge is 0.172 e. The maximum Gasteiger partial charge on any atom is 0.172 e. The maximum atomic E-state index is 2.37. The van der Waals surface area contributed by atoms with Crippen molar-refractivity contribution in [2.45, 2.75) is 5.16 Å². The van der Waals surface area contributed by atoms with Crippen molar-refractivity contribution in [2.24, 2.45) is 0 Å². The zero-order chi connectivity index (χ0) is 21.4. The second-order valence-corrected chi connectivity index (χ2v) is 11.8. The van der Waals surface area contributed by atoms with Crippen LogP contribution in [-0.2, 0) is 5.16 Å². The van der Waals surface area contributed by atoms with Crippen LogP contribution in [0.25, 0.3) is 0 Å². The quantitative estimate of drug-likeness (QED) is 0.296. The van der Waals surface area contributed by atoms with Crippen molar-refractivity contribution in [3.8, 4) is 0 Å².